The van der Waals surface area contributed by atoms with Crippen molar-refractivity contribution in [1.82, 2.24) is 0 Å². The van der Waals surface area contributed by atoms with E-state index in [-0.39, 0.29) is 5.82 Å². The van der Waals surface area contributed by atoms with Gasteiger partial charge in [-0.05, 0) is 52.7 Å². The SMILES string of the molecule is Cc1cc(N)cc(Oc2ccc(Br)c(F)c2)c1. The largest absolute Gasteiger partial charge is 0.457 e. The van der Waals surface area contributed by atoms with Crippen molar-refractivity contribution in [2.75, 3.05) is 5.73 Å². The summed E-state index contributed by atoms with van der Waals surface area (Å²) in [5.74, 6) is 0.683. The molecule has 0 radical (unpaired) electrons. The molecule has 0 saturated carbocycles. The summed E-state index contributed by atoms with van der Waals surface area (Å²) in [7, 11) is 0. The zero-order valence-electron chi connectivity index (χ0n) is 9.21. The molecular formula is C13H11BrFNO. The van der Waals surface area contributed by atoms with E-state index >= 15 is 0 Å². The third-order valence-corrected chi connectivity index (χ3v) is 2.84. The van der Waals surface area contributed by atoms with Crippen LogP contribution in [-0.4, -0.2) is 0 Å². The first kappa shape index (κ1) is 11.9. The van der Waals surface area contributed by atoms with Crippen molar-refractivity contribution in [3.05, 3.63) is 52.3 Å². The van der Waals surface area contributed by atoms with Gasteiger partial charge in [0.2, 0.25) is 0 Å². The maximum atomic E-state index is 13.3. The summed E-state index contributed by atoms with van der Waals surface area (Å²) in [6, 6.07) is 10.00. The number of nitrogens with two attached hydrogens (primary N) is 1. The fraction of sp³-hybridized carbons (Fsp3) is 0.0769. The predicted octanol–water partition coefficient (Wildman–Crippen LogP) is 4.27. The van der Waals surface area contributed by atoms with Gasteiger partial charge in [-0.1, -0.05) is 0 Å². The molecule has 2 nitrogen and oxygen atoms in total. The minimum Gasteiger partial charge on any atom is -0.457 e. The molecule has 4 heteroatoms. The number of hydrogen-bond donors (Lipinski definition) is 1. The molecule has 0 heterocycles. The van der Waals surface area contributed by atoms with Crippen LogP contribution in [-0.2, 0) is 0 Å². The zero-order chi connectivity index (χ0) is 12.4. The fourth-order valence-electron chi connectivity index (χ4n) is 1.51. The Morgan fingerprint density at radius 1 is 1.12 bits per heavy atom. The van der Waals surface area contributed by atoms with Crippen LogP contribution in [0.4, 0.5) is 10.1 Å². The first-order valence-corrected chi connectivity index (χ1v) is 5.84. The van der Waals surface area contributed by atoms with Crippen LogP contribution < -0.4 is 10.5 Å². The van der Waals surface area contributed by atoms with Gasteiger partial charge in [0.05, 0.1) is 4.47 Å². The Bertz CT molecular complexity index is 537. The summed E-state index contributed by atoms with van der Waals surface area (Å²) >= 11 is 3.09. The molecule has 0 saturated heterocycles. The molecule has 0 aromatic heterocycles. The number of hydrogen-bond acceptors (Lipinski definition) is 2. The molecule has 0 unspecified atom stereocenters. The molecule has 0 spiro atoms. The van der Waals surface area contributed by atoms with E-state index in [9.17, 15) is 4.39 Å². The van der Waals surface area contributed by atoms with Crippen LogP contribution in [0.15, 0.2) is 40.9 Å². The Labute approximate surface area is 107 Å². The zero-order valence-corrected chi connectivity index (χ0v) is 10.8. The molecule has 0 aliphatic rings. The lowest BCUT2D eigenvalue weighted by atomic mass is 10.2. The number of rotatable bonds is 2. The molecule has 17 heavy (non-hydrogen) atoms. The molecule has 2 aromatic rings. The first-order chi connectivity index (χ1) is 8.04. The minimum atomic E-state index is -0.358. The Balaban J connectivity index is 2.28. The molecule has 0 amide bonds. The summed E-state index contributed by atoms with van der Waals surface area (Å²) in [6.45, 7) is 1.92. The van der Waals surface area contributed by atoms with Crippen molar-refractivity contribution in [2.45, 2.75) is 6.92 Å². The summed E-state index contributed by atoms with van der Waals surface area (Å²) in [5.41, 5.74) is 7.33. The highest BCUT2D eigenvalue weighted by atomic mass is 79.9. The first-order valence-electron chi connectivity index (χ1n) is 5.04. The molecule has 2 N–H and O–H groups in total. The average molecular weight is 296 g/mol. The second kappa shape index (κ2) is 4.75. The van der Waals surface area contributed by atoms with E-state index in [2.05, 4.69) is 15.9 Å². The van der Waals surface area contributed by atoms with Gasteiger partial charge >= 0.3 is 0 Å². The highest BCUT2D eigenvalue weighted by Gasteiger charge is 2.03. The summed E-state index contributed by atoms with van der Waals surface area (Å²) in [6.07, 6.45) is 0. The van der Waals surface area contributed by atoms with Crippen LogP contribution in [0, 0.1) is 12.7 Å². The monoisotopic (exact) mass is 295 g/mol. The Kier molecular flexibility index (Phi) is 3.33. The number of halogens is 2. The normalized spacial score (nSPS) is 10.3. The van der Waals surface area contributed by atoms with Crippen LogP contribution >= 0.6 is 15.9 Å². The summed E-state index contributed by atoms with van der Waals surface area (Å²) < 4.78 is 19.2. The van der Waals surface area contributed by atoms with E-state index < -0.39 is 0 Å². The lowest BCUT2D eigenvalue weighted by Gasteiger charge is -2.08. The molecule has 0 aliphatic carbocycles. The summed E-state index contributed by atoms with van der Waals surface area (Å²) in [4.78, 5) is 0. The van der Waals surface area contributed by atoms with Crippen LogP contribution in [0.2, 0.25) is 0 Å². The maximum Gasteiger partial charge on any atom is 0.141 e. The number of nitrogen functional groups attached to an aromatic ring is 1. The van der Waals surface area contributed by atoms with Gasteiger partial charge in [0.15, 0.2) is 0 Å². The second-order valence-electron chi connectivity index (χ2n) is 3.76. The highest BCUT2D eigenvalue weighted by molar-refractivity contribution is 9.10. The minimum absolute atomic E-state index is 0.358. The Hall–Kier alpha value is -1.55. The predicted molar refractivity (Wildman–Crippen MR) is 69.8 cm³/mol. The fourth-order valence-corrected chi connectivity index (χ4v) is 1.76. The second-order valence-corrected chi connectivity index (χ2v) is 4.61. The Morgan fingerprint density at radius 2 is 1.88 bits per heavy atom. The molecule has 0 atom stereocenters. The quantitative estimate of drug-likeness (QED) is 0.840. The number of ether oxygens (including phenoxy) is 1. The van der Waals surface area contributed by atoms with Gasteiger partial charge in [-0.25, -0.2) is 4.39 Å². The smallest absolute Gasteiger partial charge is 0.141 e. The molecule has 88 valence electrons. The van der Waals surface area contributed by atoms with Crippen molar-refractivity contribution in [2.24, 2.45) is 0 Å². The lowest BCUT2D eigenvalue weighted by molar-refractivity contribution is 0.476. The molecule has 0 bridgehead atoms. The third-order valence-electron chi connectivity index (χ3n) is 2.20. The molecule has 2 rings (SSSR count). The van der Waals surface area contributed by atoms with E-state index in [0.717, 1.165) is 5.56 Å². The van der Waals surface area contributed by atoms with Crippen LogP contribution in [0.25, 0.3) is 0 Å². The van der Waals surface area contributed by atoms with Crippen molar-refractivity contribution in [1.29, 1.82) is 0 Å². The topological polar surface area (TPSA) is 35.2 Å². The van der Waals surface area contributed by atoms with Crippen molar-refractivity contribution < 1.29 is 9.13 Å². The van der Waals surface area contributed by atoms with E-state index in [1.165, 1.54) is 6.07 Å². The Morgan fingerprint density at radius 3 is 2.53 bits per heavy atom. The van der Waals surface area contributed by atoms with Gasteiger partial charge in [-0.2, -0.15) is 0 Å². The van der Waals surface area contributed by atoms with Crippen LogP contribution in [0.3, 0.4) is 0 Å². The van der Waals surface area contributed by atoms with Crippen molar-refractivity contribution in [3.8, 4) is 11.5 Å². The van der Waals surface area contributed by atoms with Gasteiger partial charge in [0.1, 0.15) is 17.3 Å². The molecule has 0 fully saturated rings. The number of anilines is 1. The van der Waals surface area contributed by atoms with E-state index in [1.807, 2.05) is 19.1 Å². The van der Waals surface area contributed by atoms with E-state index in [1.54, 1.807) is 18.2 Å². The lowest BCUT2D eigenvalue weighted by Crippen LogP contribution is -1.90. The standard InChI is InChI=1S/C13H11BrFNO/c1-8-4-9(16)6-11(5-8)17-10-2-3-12(14)13(15)7-10/h2-7H,16H2,1H3. The van der Waals surface area contributed by atoms with E-state index in [0.29, 0.717) is 21.7 Å². The number of benzene rings is 2. The molecule has 0 aliphatic heterocycles. The van der Waals surface area contributed by atoms with Gasteiger partial charge < -0.3 is 10.5 Å². The van der Waals surface area contributed by atoms with Gasteiger partial charge in [-0.3, -0.25) is 0 Å². The van der Waals surface area contributed by atoms with Gasteiger partial charge in [-0.15, -0.1) is 0 Å². The number of aryl methyl sites for hydroxylation is 1. The molecule has 2 aromatic carbocycles. The van der Waals surface area contributed by atoms with Crippen LogP contribution in [0.5, 0.6) is 11.5 Å². The van der Waals surface area contributed by atoms with Gasteiger partial charge in [0, 0.05) is 17.8 Å². The maximum absolute atomic E-state index is 13.3. The summed E-state index contributed by atoms with van der Waals surface area (Å²) in [5, 5.41) is 0. The third kappa shape index (κ3) is 2.97. The molecular weight excluding hydrogens is 285 g/mol. The van der Waals surface area contributed by atoms with Crippen molar-refractivity contribution in [3.63, 3.8) is 0 Å². The van der Waals surface area contributed by atoms with Crippen molar-refractivity contribution >= 4 is 21.6 Å². The van der Waals surface area contributed by atoms with Gasteiger partial charge in [0.25, 0.3) is 0 Å². The average Bonchev–Trinajstić information content (AvgIpc) is 2.22. The van der Waals surface area contributed by atoms with E-state index in [4.69, 9.17) is 10.5 Å². The highest BCUT2D eigenvalue weighted by Crippen LogP contribution is 2.27. The van der Waals surface area contributed by atoms with Crippen LogP contribution in [0.1, 0.15) is 5.56 Å².